The average molecular weight is 428 g/mol. The second-order valence-corrected chi connectivity index (χ2v) is 8.44. The molecule has 3 rings (SSSR count). The van der Waals surface area contributed by atoms with Crippen molar-refractivity contribution >= 4 is 39.1 Å². The zero-order chi connectivity index (χ0) is 19.6. The quantitative estimate of drug-likeness (QED) is 0.805. The van der Waals surface area contributed by atoms with Gasteiger partial charge in [-0.2, -0.15) is 23.1 Å². The fourth-order valence-corrected chi connectivity index (χ4v) is 4.35. The Morgan fingerprint density at radius 2 is 1.81 bits per heavy atom. The van der Waals surface area contributed by atoms with Gasteiger partial charge in [-0.1, -0.05) is 23.2 Å². The van der Waals surface area contributed by atoms with Crippen LogP contribution in [0.25, 0.3) is 0 Å². The van der Waals surface area contributed by atoms with Crippen LogP contribution in [0.3, 0.4) is 0 Å². The van der Waals surface area contributed by atoms with E-state index in [-0.39, 0.29) is 29.2 Å². The van der Waals surface area contributed by atoms with Crippen molar-refractivity contribution in [2.75, 3.05) is 17.8 Å². The molecule has 1 fully saturated rings. The maximum Gasteiger partial charge on any atom is 0.301 e. The van der Waals surface area contributed by atoms with Gasteiger partial charge >= 0.3 is 10.2 Å². The summed E-state index contributed by atoms with van der Waals surface area (Å²) >= 11 is 11.7. The highest BCUT2D eigenvalue weighted by Gasteiger charge is 2.30. The highest BCUT2D eigenvalue weighted by molar-refractivity contribution is 7.90. The Labute approximate surface area is 166 Å². The minimum Gasteiger partial charge on any atom is -0.271 e. The molecule has 142 valence electrons. The van der Waals surface area contributed by atoms with E-state index in [2.05, 4.69) is 9.82 Å². The van der Waals surface area contributed by atoms with E-state index in [1.165, 1.54) is 39.4 Å². The molecule has 27 heavy (non-hydrogen) atoms. The van der Waals surface area contributed by atoms with Gasteiger partial charge in [0, 0.05) is 18.8 Å². The Morgan fingerprint density at radius 1 is 1.19 bits per heavy atom. The zero-order valence-electron chi connectivity index (χ0n) is 14.0. The lowest BCUT2D eigenvalue weighted by molar-refractivity contribution is 0.256. The maximum absolute atomic E-state index is 12.5. The lowest BCUT2D eigenvalue weighted by Gasteiger charge is -2.31. The summed E-state index contributed by atoms with van der Waals surface area (Å²) in [6.07, 6.45) is 2.14. The van der Waals surface area contributed by atoms with Crippen LogP contribution in [0.15, 0.2) is 35.3 Å². The number of halogens is 2. The van der Waals surface area contributed by atoms with Gasteiger partial charge in [0.25, 0.3) is 5.56 Å². The fourth-order valence-electron chi connectivity index (χ4n) is 2.84. The first-order valence-electron chi connectivity index (χ1n) is 8.02. The van der Waals surface area contributed by atoms with Gasteiger partial charge in [-0.3, -0.25) is 9.52 Å². The van der Waals surface area contributed by atoms with Gasteiger partial charge in [-0.15, -0.1) is 0 Å². The Kier molecular flexibility index (Phi) is 5.72. The van der Waals surface area contributed by atoms with Gasteiger partial charge < -0.3 is 0 Å². The third kappa shape index (κ3) is 4.25. The normalized spacial score (nSPS) is 16.0. The van der Waals surface area contributed by atoms with E-state index >= 15 is 0 Å². The van der Waals surface area contributed by atoms with Crippen molar-refractivity contribution in [1.29, 1.82) is 5.26 Å². The first kappa shape index (κ1) is 19.6. The molecule has 1 aromatic heterocycles. The molecule has 8 nitrogen and oxygen atoms in total. The lowest BCUT2D eigenvalue weighted by atomic mass is 10.1. The smallest absolute Gasteiger partial charge is 0.271 e. The molecule has 0 amide bonds. The number of nitrogens with zero attached hydrogens (tertiary/aromatic N) is 4. The van der Waals surface area contributed by atoms with Crippen LogP contribution in [-0.4, -0.2) is 35.6 Å². The molecular formula is C16H15Cl2N5O3S. The first-order valence-corrected chi connectivity index (χ1v) is 10.2. The van der Waals surface area contributed by atoms with Gasteiger partial charge in [0.15, 0.2) is 0 Å². The molecule has 1 aliphatic heterocycles. The molecule has 2 aromatic rings. The monoisotopic (exact) mass is 427 g/mol. The third-order valence-electron chi connectivity index (χ3n) is 4.27. The molecule has 0 aliphatic carbocycles. The van der Waals surface area contributed by atoms with Crippen LogP contribution >= 0.6 is 23.2 Å². The van der Waals surface area contributed by atoms with E-state index in [1.54, 1.807) is 0 Å². The van der Waals surface area contributed by atoms with Crippen LogP contribution in [0.1, 0.15) is 24.4 Å². The Bertz CT molecular complexity index is 1040. The number of rotatable bonds is 4. The third-order valence-corrected chi connectivity index (χ3v) is 6.56. The van der Waals surface area contributed by atoms with Crippen molar-refractivity contribution in [2.24, 2.45) is 0 Å². The number of anilines is 1. The van der Waals surface area contributed by atoms with E-state index in [0.29, 0.717) is 24.1 Å². The SMILES string of the molecule is N#Cc1ccc(NS(=O)(=O)N2CCC(n3ncc(Cl)c(Cl)c3=O)CC2)cc1. The molecular weight excluding hydrogens is 413 g/mol. The van der Waals surface area contributed by atoms with Crippen molar-refractivity contribution in [1.82, 2.24) is 14.1 Å². The summed E-state index contributed by atoms with van der Waals surface area (Å²) in [4.78, 5) is 12.2. The van der Waals surface area contributed by atoms with Crippen LogP contribution in [0.5, 0.6) is 0 Å². The molecule has 0 bridgehead atoms. The Morgan fingerprint density at radius 3 is 2.41 bits per heavy atom. The summed E-state index contributed by atoms with van der Waals surface area (Å²) in [7, 11) is -3.74. The largest absolute Gasteiger partial charge is 0.301 e. The summed E-state index contributed by atoms with van der Waals surface area (Å²) in [5, 5.41) is 12.8. The maximum atomic E-state index is 12.5. The number of nitriles is 1. The minimum absolute atomic E-state index is 0.0875. The second-order valence-electron chi connectivity index (χ2n) is 5.98. The standard InChI is InChI=1S/C16H15Cl2N5O3S/c17-14-10-20-23(16(24)15(14)18)13-5-7-22(8-6-13)27(25,26)21-12-3-1-11(9-19)2-4-12/h1-4,10,13,21H,5-8H2. The number of nitrogens with one attached hydrogen (secondary N) is 1. The van der Waals surface area contributed by atoms with Crippen molar-refractivity contribution in [3.05, 3.63) is 56.4 Å². The van der Waals surface area contributed by atoms with Crippen LogP contribution in [-0.2, 0) is 10.2 Å². The number of piperidine rings is 1. The summed E-state index contributed by atoms with van der Waals surface area (Å²) < 4.78 is 30.1. The lowest BCUT2D eigenvalue weighted by Crippen LogP contribution is -2.43. The molecule has 2 heterocycles. The van der Waals surface area contributed by atoms with Crippen LogP contribution in [0, 0.1) is 11.3 Å². The number of benzene rings is 1. The predicted octanol–water partition coefficient (Wildman–Crippen LogP) is 2.42. The minimum atomic E-state index is -3.74. The molecule has 1 N–H and O–H groups in total. The molecule has 0 atom stereocenters. The summed E-state index contributed by atoms with van der Waals surface area (Å²) in [5.74, 6) is 0. The van der Waals surface area contributed by atoms with Gasteiger partial charge in [0.05, 0.1) is 28.9 Å². The molecule has 1 aliphatic rings. The van der Waals surface area contributed by atoms with E-state index < -0.39 is 15.8 Å². The second kappa shape index (κ2) is 7.86. The molecule has 1 aromatic carbocycles. The molecule has 0 saturated carbocycles. The zero-order valence-corrected chi connectivity index (χ0v) is 16.3. The van der Waals surface area contributed by atoms with Crippen LogP contribution in [0.2, 0.25) is 10.0 Å². The fraction of sp³-hybridized carbons (Fsp3) is 0.312. The molecule has 0 spiro atoms. The van der Waals surface area contributed by atoms with E-state index in [1.807, 2.05) is 6.07 Å². The van der Waals surface area contributed by atoms with E-state index in [9.17, 15) is 13.2 Å². The molecule has 1 saturated heterocycles. The van der Waals surface area contributed by atoms with Gasteiger partial charge in [-0.25, -0.2) is 4.68 Å². The molecule has 11 heteroatoms. The van der Waals surface area contributed by atoms with E-state index in [4.69, 9.17) is 28.5 Å². The van der Waals surface area contributed by atoms with E-state index in [0.717, 1.165) is 0 Å². The van der Waals surface area contributed by atoms with Crippen LogP contribution < -0.4 is 10.3 Å². The Hall–Kier alpha value is -2.12. The van der Waals surface area contributed by atoms with Crippen molar-refractivity contribution in [3.63, 3.8) is 0 Å². The van der Waals surface area contributed by atoms with Crippen LogP contribution in [0.4, 0.5) is 5.69 Å². The molecule has 0 unspecified atom stereocenters. The van der Waals surface area contributed by atoms with Crippen molar-refractivity contribution in [2.45, 2.75) is 18.9 Å². The first-order chi connectivity index (χ1) is 12.8. The number of hydrogen-bond acceptors (Lipinski definition) is 5. The van der Waals surface area contributed by atoms with Gasteiger partial charge in [0.2, 0.25) is 0 Å². The van der Waals surface area contributed by atoms with Gasteiger partial charge in [0.1, 0.15) is 5.02 Å². The highest BCUT2D eigenvalue weighted by Crippen LogP contribution is 2.25. The van der Waals surface area contributed by atoms with Gasteiger partial charge in [-0.05, 0) is 37.1 Å². The van der Waals surface area contributed by atoms with Crippen molar-refractivity contribution in [3.8, 4) is 6.07 Å². The number of aromatic nitrogens is 2. The van der Waals surface area contributed by atoms with Crippen molar-refractivity contribution < 1.29 is 8.42 Å². The summed E-state index contributed by atoms with van der Waals surface area (Å²) in [6.45, 7) is 0.454. The highest BCUT2D eigenvalue weighted by atomic mass is 35.5. The summed E-state index contributed by atoms with van der Waals surface area (Å²) in [6, 6.07) is 7.85. The number of hydrogen-bond donors (Lipinski definition) is 1. The summed E-state index contributed by atoms with van der Waals surface area (Å²) in [5.41, 5.74) is 0.331. The topological polar surface area (TPSA) is 108 Å². The Balaban J connectivity index is 1.68. The molecule has 0 radical (unpaired) electrons. The predicted molar refractivity (Wildman–Crippen MR) is 102 cm³/mol. The average Bonchev–Trinajstić information content (AvgIpc) is 2.67.